The van der Waals surface area contributed by atoms with Gasteiger partial charge in [0.1, 0.15) is 24.4 Å². The molecule has 78 valence electrons. The second-order valence-corrected chi connectivity index (χ2v) is 3.31. The smallest absolute Gasteiger partial charge is 0.111 e. The van der Waals surface area contributed by atoms with Crippen LogP contribution in [0.1, 0.15) is 6.92 Å². The Balaban J connectivity index is 2.59. The van der Waals surface area contributed by atoms with Gasteiger partial charge in [-0.3, -0.25) is 0 Å². The predicted octanol–water partition coefficient (Wildman–Crippen LogP) is -1.50. The summed E-state index contributed by atoms with van der Waals surface area (Å²) in [5.74, 6) is 0. The lowest BCUT2D eigenvalue weighted by molar-refractivity contribution is -0.226. The lowest BCUT2D eigenvalue weighted by Crippen LogP contribution is -2.57. The van der Waals surface area contributed by atoms with E-state index in [9.17, 15) is 15.3 Å². The number of rotatable bonds is 2. The highest BCUT2D eigenvalue weighted by Gasteiger charge is 2.41. The molecule has 1 aliphatic heterocycles. The van der Waals surface area contributed by atoms with Gasteiger partial charge in [-0.05, 0) is 6.92 Å². The molecular formula is C8H16O5. The SMILES string of the molecule is COCC1O[C@H](C)C(O)[C@@H](O)[C@H]1O. The molecule has 0 spiro atoms. The Bertz CT molecular complexity index is 163. The van der Waals surface area contributed by atoms with Crippen LogP contribution in [0.2, 0.25) is 0 Å². The van der Waals surface area contributed by atoms with Crippen LogP contribution in [0.5, 0.6) is 0 Å². The Morgan fingerprint density at radius 2 is 1.77 bits per heavy atom. The molecule has 0 bridgehead atoms. The van der Waals surface area contributed by atoms with E-state index in [4.69, 9.17) is 9.47 Å². The Morgan fingerprint density at radius 1 is 1.15 bits per heavy atom. The Hall–Kier alpha value is -0.200. The minimum atomic E-state index is -1.16. The monoisotopic (exact) mass is 192 g/mol. The van der Waals surface area contributed by atoms with Crippen molar-refractivity contribution in [2.75, 3.05) is 13.7 Å². The molecule has 2 unspecified atom stereocenters. The van der Waals surface area contributed by atoms with E-state index in [1.54, 1.807) is 6.92 Å². The summed E-state index contributed by atoms with van der Waals surface area (Å²) in [5.41, 5.74) is 0. The van der Waals surface area contributed by atoms with Gasteiger partial charge in [-0.1, -0.05) is 0 Å². The van der Waals surface area contributed by atoms with Gasteiger partial charge >= 0.3 is 0 Å². The van der Waals surface area contributed by atoms with Crippen molar-refractivity contribution in [3.05, 3.63) is 0 Å². The molecule has 0 aromatic heterocycles. The van der Waals surface area contributed by atoms with Gasteiger partial charge in [-0.2, -0.15) is 0 Å². The minimum Gasteiger partial charge on any atom is -0.388 e. The summed E-state index contributed by atoms with van der Waals surface area (Å²) in [6.07, 6.45) is -4.35. The van der Waals surface area contributed by atoms with Crippen LogP contribution < -0.4 is 0 Å². The summed E-state index contributed by atoms with van der Waals surface area (Å²) in [4.78, 5) is 0. The molecule has 0 saturated carbocycles. The molecule has 1 aliphatic rings. The second kappa shape index (κ2) is 4.34. The van der Waals surface area contributed by atoms with E-state index in [1.807, 2.05) is 0 Å². The van der Waals surface area contributed by atoms with Crippen LogP contribution in [0.15, 0.2) is 0 Å². The van der Waals surface area contributed by atoms with Crippen molar-refractivity contribution in [1.82, 2.24) is 0 Å². The molecule has 3 N–H and O–H groups in total. The summed E-state index contributed by atoms with van der Waals surface area (Å²) >= 11 is 0. The van der Waals surface area contributed by atoms with E-state index in [0.29, 0.717) is 0 Å². The highest BCUT2D eigenvalue weighted by Crippen LogP contribution is 2.20. The molecule has 1 heterocycles. The van der Waals surface area contributed by atoms with Crippen LogP contribution in [0.25, 0.3) is 0 Å². The summed E-state index contributed by atoms with van der Waals surface area (Å²) in [6, 6.07) is 0. The fourth-order valence-electron chi connectivity index (χ4n) is 1.44. The van der Waals surface area contributed by atoms with Crippen LogP contribution in [0, 0.1) is 0 Å². The summed E-state index contributed by atoms with van der Waals surface area (Å²) < 4.78 is 10.0. The number of hydrogen-bond acceptors (Lipinski definition) is 5. The highest BCUT2D eigenvalue weighted by molar-refractivity contribution is 4.90. The van der Waals surface area contributed by atoms with Gasteiger partial charge in [0.2, 0.25) is 0 Å². The highest BCUT2D eigenvalue weighted by atomic mass is 16.6. The first-order valence-corrected chi connectivity index (χ1v) is 4.26. The van der Waals surface area contributed by atoms with Gasteiger partial charge in [0, 0.05) is 7.11 Å². The fraction of sp³-hybridized carbons (Fsp3) is 1.00. The number of methoxy groups -OCH3 is 1. The van der Waals surface area contributed by atoms with E-state index in [-0.39, 0.29) is 6.61 Å². The van der Waals surface area contributed by atoms with Gasteiger partial charge < -0.3 is 24.8 Å². The summed E-state index contributed by atoms with van der Waals surface area (Å²) in [5, 5.41) is 28.1. The fourth-order valence-corrected chi connectivity index (χ4v) is 1.44. The maximum absolute atomic E-state index is 9.44. The van der Waals surface area contributed by atoms with Crippen LogP contribution in [-0.2, 0) is 9.47 Å². The molecule has 0 aromatic rings. The molecule has 1 rings (SSSR count). The van der Waals surface area contributed by atoms with Crippen LogP contribution in [-0.4, -0.2) is 59.6 Å². The third-order valence-corrected chi connectivity index (χ3v) is 2.28. The maximum atomic E-state index is 9.44. The zero-order valence-corrected chi connectivity index (χ0v) is 7.75. The number of aliphatic hydroxyl groups is 3. The van der Waals surface area contributed by atoms with Crippen molar-refractivity contribution in [2.24, 2.45) is 0 Å². The number of hydrogen-bond donors (Lipinski definition) is 3. The molecule has 0 radical (unpaired) electrons. The third kappa shape index (κ3) is 2.18. The zero-order chi connectivity index (χ0) is 10.0. The molecule has 5 atom stereocenters. The molecule has 0 aromatic carbocycles. The molecule has 0 amide bonds. The van der Waals surface area contributed by atoms with Crippen molar-refractivity contribution in [2.45, 2.75) is 37.4 Å². The first-order chi connectivity index (χ1) is 6.07. The Kier molecular flexibility index (Phi) is 3.63. The predicted molar refractivity (Wildman–Crippen MR) is 44.2 cm³/mol. The van der Waals surface area contributed by atoms with Crippen LogP contribution in [0.4, 0.5) is 0 Å². The zero-order valence-electron chi connectivity index (χ0n) is 7.75. The maximum Gasteiger partial charge on any atom is 0.111 e. The molecule has 13 heavy (non-hydrogen) atoms. The average Bonchev–Trinajstić information content (AvgIpc) is 2.11. The lowest BCUT2D eigenvalue weighted by Gasteiger charge is -2.39. The molecule has 0 aliphatic carbocycles. The van der Waals surface area contributed by atoms with Crippen molar-refractivity contribution >= 4 is 0 Å². The van der Waals surface area contributed by atoms with E-state index >= 15 is 0 Å². The van der Waals surface area contributed by atoms with Crippen LogP contribution >= 0.6 is 0 Å². The van der Waals surface area contributed by atoms with Crippen molar-refractivity contribution < 1.29 is 24.8 Å². The van der Waals surface area contributed by atoms with Crippen molar-refractivity contribution in [3.8, 4) is 0 Å². The molecule has 1 fully saturated rings. The van der Waals surface area contributed by atoms with Gasteiger partial charge in [-0.15, -0.1) is 0 Å². The third-order valence-electron chi connectivity index (χ3n) is 2.28. The van der Waals surface area contributed by atoms with Crippen molar-refractivity contribution in [3.63, 3.8) is 0 Å². The van der Waals surface area contributed by atoms with E-state index in [0.717, 1.165) is 0 Å². The number of aliphatic hydroxyl groups excluding tert-OH is 3. The van der Waals surface area contributed by atoms with E-state index in [2.05, 4.69) is 0 Å². The van der Waals surface area contributed by atoms with Gasteiger partial charge in [0.15, 0.2) is 0 Å². The van der Waals surface area contributed by atoms with Gasteiger partial charge in [0.25, 0.3) is 0 Å². The summed E-state index contributed by atoms with van der Waals surface area (Å²) in [6.45, 7) is 1.84. The summed E-state index contributed by atoms with van der Waals surface area (Å²) in [7, 11) is 1.48. The Morgan fingerprint density at radius 3 is 2.31 bits per heavy atom. The number of ether oxygens (including phenoxy) is 2. The normalized spacial score (nSPS) is 46.4. The molecular weight excluding hydrogens is 176 g/mol. The van der Waals surface area contributed by atoms with Gasteiger partial charge in [0.05, 0.1) is 12.7 Å². The van der Waals surface area contributed by atoms with Gasteiger partial charge in [-0.25, -0.2) is 0 Å². The quantitative estimate of drug-likeness (QED) is 0.496. The second-order valence-electron chi connectivity index (χ2n) is 3.31. The largest absolute Gasteiger partial charge is 0.388 e. The molecule has 1 saturated heterocycles. The molecule has 5 heteroatoms. The first-order valence-electron chi connectivity index (χ1n) is 4.26. The standard InChI is InChI=1S/C8H16O5/c1-4-6(9)8(11)7(10)5(13-4)3-12-2/h4-11H,3H2,1-2H3/t4-,5?,6?,7+,8-/m1/s1. The van der Waals surface area contributed by atoms with Crippen LogP contribution in [0.3, 0.4) is 0 Å². The van der Waals surface area contributed by atoms with E-state index in [1.165, 1.54) is 7.11 Å². The van der Waals surface area contributed by atoms with E-state index < -0.39 is 30.5 Å². The Labute approximate surface area is 76.9 Å². The lowest BCUT2D eigenvalue weighted by atomic mass is 9.96. The van der Waals surface area contributed by atoms with Crippen molar-refractivity contribution in [1.29, 1.82) is 0 Å². The average molecular weight is 192 g/mol. The first kappa shape index (κ1) is 10.9. The molecule has 5 nitrogen and oxygen atoms in total. The topological polar surface area (TPSA) is 79.2 Å². The minimum absolute atomic E-state index is 0.204.